The van der Waals surface area contributed by atoms with Gasteiger partial charge in [0.1, 0.15) is 0 Å². The Bertz CT molecular complexity index is 374. The van der Waals surface area contributed by atoms with Crippen molar-refractivity contribution in [3.8, 4) is 0 Å². The lowest BCUT2D eigenvalue weighted by Crippen LogP contribution is -2.52. The molecule has 3 nitrogen and oxygen atoms in total. The largest absolute Gasteiger partial charge is 0.329 e. The van der Waals surface area contributed by atoms with Crippen LogP contribution in [0.15, 0.2) is 12.1 Å². The van der Waals surface area contributed by atoms with Gasteiger partial charge in [0, 0.05) is 30.0 Å². The Morgan fingerprint density at radius 3 is 2.47 bits per heavy atom. The third kappa shape index (κ3) is 3.51. The van der Waals surface area contributed by atoms with Crippen molar-refractivity contribution in [3.05, 3.63) is 29.1 Å². The SMILES string of the molecule is Cc1ccc(CNC(C)(CN)C(C)C)c(C)n1. The van der Waals surface area contributed by atoms with Crippen molar-refractivity contribution in [3.63, 3.8) is 0 Å². The molecule has 0 aliphatic rings. The van der Waals surface area contributed by atoms with E-state index in [4.69, 9.17) is 5.73 Å². The molecule has 0 saturated heterocycles. The van der Waals surface area contributed by atoms with Gasteiger partial charge in [-0.2, -0.15) is 0 Å². The summed E-state index contributed by atoms with van der Waals surface area (Å²) in [7, 11) is 0. The van der Waals surface area contributed by atoms with E-state index >= 15 is 0 Å². The summed E-state index contributed by atoms with van der Waals surface area (Å²) < 4.78 is 0. The topological polar surface area (TPSA) is 50.9 Å². The van der Waals surface area contributed by atoms with E-state index in [1.54, 1.807) is 0 Å². The standard InChI is InChI=1S/C14H25N3/c1-10(2)14(5,9-15)16-8-13-7-6-11(3)17-12(13)4/h6-7,10,16H,8-9,15H2,1-5H3. The van der Waals surface area contributed by atoms with Crippen molar-refractivity contribution in [1.29, 1.82) is 0 Å². The van der Waals surface area contributed by atoms with Crippen molar-refractivity contribution >= 4 is 0 Å². The normalized spacial score (nSPS) is 15.0. The van der Waals surface area contributed by atoms with Gasteiger partial charge >= 0.3 is 0 Å². The monoisotopic (exact) mass is 235 g/mol. The summed E-state index contributed by atoms with van der Waals surface area (Å²) in [6.45, 7) is 12.1. The van der Waals surface area contributed by atoms with Crippen LogP contribution in [0, 0.1) is 19.8 Å². The minimum atomic E-state index is -0.0165. The van der Waals surface area contributed by atoms with Crippen molar-refractivity contribution in [1.82, 2.24) is 10.3 Å². The van der Waals surface area contributed by atoms with Gasteiger partial charge in [-0.3, -0.25) is 4.98 Å². The zero-order valence-electron chi connectivity index (χ0n) is 11.7. The Balaban J connectivity index is 2.73. The first kappa shape index (κ1) is 14.1. The van der Waals surface area contributed by atoms with Crippen molar-refractivity contribution in [2.24, 2.45) is 11.7 Å². The number of pyridine rings is 1. The molecule has 0 fully saturated rings. The number of aromatic nitrogens is 1. The molecule has 96 valence electrons. The Hall–Kier alpha value is -0.930. The highest BCUT2D eigenvalue weighted by molar-refractivity contribution is 5.21. The lowest BCUT2D eigenvalue weighted by molar-refractivity contribution is 0.267. The van der Waals surface area contributed by atoms with E-state index in [-0.39, 0.29) is 5.54 Å². The molecule has 1 heterocycles. The van der Waals surface area contributed by atoms with E-state index in [1.807, 2.05) is 6.92 Å². The molecule has 0 aliphatic carbocycles. The van der Waals surface area contributed by atoms with Gasteiger partial charge in [-0.05, 0) is 38.3 Å². The summed E-state index contributed by atoms with van der Waals surface area (Å²) in [4.78, 5) is 4.47. The number of nitrogens with zero attached hydrogens (tertiary/aromatic N) is 1. The smallest absolute Gasteiger partial charge is 0.0420 e. The first-order chi connectivity index (χ1) is 7.89. The van der Waals surface area contributed by atoms with Crippen molar-refractivity contribution in [2.45, 2.75) is 46.7 Å². The van der Waals surface area contributed by atoms with Gasteiger partial charge in [0.2, 0.25) is 0 Å². The molecule has 0 saturated carbocycles. The fourth-order valence-electron chi connectivity index (χ4n) is 1.71. The van der Waals surface area contributed by atoms with Gasteiger partial charge in [0.15, 0.2) is 0 Å². The van der Waals surface area contributed by atoms with Crippen LogP contribution in [-0.2, 0) is 6.54 Å². The Labute approximate surface area is 105 Å². The van der Waals surface area contributed by atoms with Gasteiger partial charge in [0.05, 0.1) is 0 Å². The molecule has 3 heteroatoms. The van der Waals surface area contributed by atoms with Gasteiger partial charge in [-0.25, -0.2) is 0 Å². The fraction of sp³-hybridized carbons (Fsp3) is 0.643. The van der Waals surface area contributed by atoms with Crippen LogP contribution in [0.2, 0.25) is 0 Å². The minimum Gasteiger partial charge on any atom is -0.329 e. The third-order valence-corrected chi connectivity index (χ3v) is 3.72. The van der Waals surface area contributed by atoms with E-state index in [0.717, 1.165) is 17.9 Å². The molecule has 0 aliphatic heterocycles. The molecule has 1 aromatic heterocycles. The van der Waals surface area contributed by atoms with Gasteiger partial charge in [-0.15, -0.1) is 0 Å². The van der Waals surface area contributed by atoms with Gasteiger partial charge < -0.3 is 11.1 Å². The van der Waals surface area contributed by atoms with E-state index in [1.165, 1.54) is 5.56 Å². The molecule has 1 unspecified atom stereocenters. The molecule has 0 radical (unpaired) electrons. The Kier molecular flexibility index (Phi) is 4.66. The van der Waals surface area contributed by atoms with E-state index in [9.17, 15) is 0 Å². The molecule has 0 aromatic carbocycles. The Morgan fingerprint density at radius 2 is 2.00 bits per heavy atom. The molecule has 0 spiro atoms. The van der Waals surface area contributed by atoms with E-state index in [2.05, 4.69) is 50.1 Å². The van der Waals surface area contributed by atoms with Gasteiger partial charge in [0.25, 0.3) is 0 Å². The van der Waals surface area contributed by atoms with Crippen LogP contribution in [0.4, 0.5) is 0 Å². The van der Waals surface area contributed by atoms with Crippen LogP contribution in [0.25, 0.3) is 0 Å². The second-order valence-electron chi connectivity index (χ2n) is 5.33. The number of aryl methyl sites for hydroxylation is 2. The van der Waals surface area contributed by atoms with Crippen LogP contribution >= 0.6 is 0 Å². The number of rotatable bonds is 5. The molecule has 17 heavy (non-hydrogen) atoms. The summed E-state index contributed by atoms with van der Waals surface area (Å²) in [5, 5.41) is 3.56. The number of hydrogen-bond donors (Lipinski definition) is 2. The third-order valence-electron chi connectivity index (χ3n) is 3.72. The van der Waals surface area contributed by atoms with E-state index < -0.39 is 0 Å². The summed E-state index contributed by atoms with van der Waals surface area (Å²) in [6.07, 6.45) is 0. The molecular formula is C14H25N3. The molecule has 0 bridgehead atoms. The maximum Gasteiger partial charge on any atom is 0.0420 e. The lowest BCUT2D eigenvalue weighted by atomic mass is 9.88. The van der Waals surface area contributed by atoms with Crippen LogP contribution < -0.4 is 11.1 Å². The highest BCUT2D eigenvalue weighted by atomic mass is 15.0. The average Bonchev–Trinajstić information content (AvgIpc) is 2.27. The molecule has 1 aromatic rings. The zero-order valence-corrected chi connectivity index (χ0v) is 11.7. The first-order valence-corrected chi connectivity index (χ1v) is 6.27. The molecule has 1 atom stereocenters. The maximum absolute atomic E-state index is 5.86. The first-order valence-electron chi connectivity index (χ1n) is 6.27. The van der Waals surface area contributed by atoms with Crippen LogP contribution in [0.3, 0.4) is 0 Å². The predicted molar refractivity (Wildman–Crippen MR) is 72.8 cm³/mol. The quantitative estimate of drug-likeness (QED) is 0.822. The maximum atomic E-state index is 5.86. The number of nitrogens with two attached hydrogens (primary N) is 1. The highest BCUT2D eigenvalue weighted by Crippen LogP contribution is 2.16. The Morgan fingerprint density at radius 1 is 1.35 bits per heavy atom. The second kappa shape index (κ2) is 5.61. The minimum absolute atomic E-state index is 0.0165. The fourth-order valence-corrected chi connectivity index (χ4v) is 1.71. The predicted octanol–water partition coefficient (Wildman–Crippen LogP) is 2.16. The van der Waals surface area contributed by atoms with Gasteiger partial charge in [-0.1, -0.05) is 19.9 Å². The second-order valence-corrected chi connectivity index (χ2v) is 5.33. The molecular weight excluding hydrogens is 210 g/mol. The lowest BCUT2D eigenvalue weighted by Gasteiger charge is -2.34. The summed E-state index contributed by atoms with van der Waals surface area (Å²) >= 11 is 0. The number of nitrogens with one attached hydrogen (secondary N) is 1. The van der Waals surface area contributed by atoms with Crippen molar-refractivity contribution < 1.29 is 0 Å². The summed E-state index contributed by atoms with van der Waals surface area (Å²) in [5.41, 5.74) is 9.25. The molecule has 1 rings (SSSR count). The highest BCUT2D eigenvalue weighted by Gasteiger charge is 2.25. The summed E-state index contributed by atoms with van der Waals surface area (Å²) in [6, 6.07) is 4.20. The summed E-state index contributed by atoms with van der Waals surface area (Å²) in [5.74, 6) is 0.506. The van der Waals surface area contributed by atoms with Crippen LogP contribution in [-0.4, -0.2) is 17.1 Å². The van der Waals surface area contributed by atoms with E-state index in [0.29, 0.717) is 12.5 Å². The van der Waals surface area contributed by atoms with Crippen molar-refractivity contribution in [2.75, 3.05) is 6.54 Å². The molecule has 0 amide bonds. The zero-order chi connectivity index (χ0) is 13.1. The average molecular weight is 235 g/mol. The van der Waals surface area contributed by atoms with Crippen LogP contribution in [0.5, 0.6) is 0 Å². The number of hydrogen-bond acceptors (Lipinski definition) is 3. The molecule has 3 N–H and O–H groups in total. The van der Waals surface area contributed by atoms with Crippen LogP contribution in [0.1, 0.15) is 37.7 Å².